The summed E-state index contributed by atoms with van der Waals surface area (Å²) in [6.45, 7) is 5.88. The molecule has 0 aromatic heterocycles. The molecule has 0 aliphatic carbocycles. The molecular formula is C15H18F3NO. The van der Waals surface area contributed by atoms with Gasteiger partial charge in [-0.1, -0.05) is 23.8 Å². The van der Waals surface area contributed by atoms with E-state index in [4.69, 9.17) is 4.74 Å². The van der Waals surface area contributed by atoms with Gasteiger partial charge < -0.3 is 4.74 Å². The van der Waals surface area contributed by atoms with Crippen LogP contribution in [0.4, 0.5) is 13.2 Å². The van der Waals surface area contributed by atoms with E-state index in [1.165, 1.54) is 12.1 Å². The Morgan fingerprint density at radius 1 is 1.30 bits per heavy atom. The molecule has 1 aliphatic rings. The minimum absolute atomic E-state index is 0.589. The Morgan fingerprint density at radius 3 is 2.65 bits per heavy atom. The van der Waals surface area contributed by atoms with Crippen molar-refractivity contribution < 1.29 is 17.9 Å². The zero-order valence-corrected chi connectivity index (χ0v) is 11.4. The van der Waals surface area contributed by atoms with Crippen molar-refractivity contribution in [1.29, 1.82) is 0 Å². The van der Waals surface area contributed by atoms with Crippen LogP contribution in [0.2, 0.25) is 0 Å². The molecule has 0 N–H and O–H groups in total. The number of halogens is 3. The van der Waals surface area contributed by atoms with E-state index in [0.717, 1.165) is 44.5 Å². The Bertz CT molecular complexity index is 476. The average molecular weight is 285 g/mol. The zero-order valence-electron chi connectivity index (χ0n) is 11.4. The van der Waals surface area contributed by atoms with Crippen LogP contribution in [-0.2, 0) is 10.9 Å². The van der Waals surface area contributed by atoms with Crippen LogP contribution in [-0.4, -0.2) is 37.7 Å². The lowest BCUT2D eigenvalue weighted by Crippen LogP contribution is -2.37. The Labute approximate surface area is 116 Å². The van der Waals surface area contributed by atoms with Gasteiger partial charge in [0.05, 0.1) is 18.8 Å². The number of ether oxygens (including phenoxy) is 1. The Morgan fingerprint density at radius 2 is 2.00 bits per heavy atom. The first kappa shape index (κ1) is 15.1. The minimum atomic E-state index is -4.29. The molecule has 1 aliphatic heterocycles. The summed E-state index contributed by atoms with van der Waals surface area (Å²) < 4.78 is 43.2. The lowest BCUT2D eigenvalue weighted by Gasteiger charge is -2.26. The third kappa shape index (κ3) is 4.35. The van der Waals surface area contributed by atoms with E-state index >= 15 is 0 Å². The Kier molecular flexibility index (Phi) is 4.83. The maximum absolute atomic E-state index is 12.6. The van der Waals surface area contributed by atoms with Gasteiger partial charge in [-0.3, -0.25) is 4.90 Å². The van der Waals surface area contributed by atoms with Crippen molar-refractivity contribution in [3.05, 3.63) is 41.0 Å². The first-order valence-electron chi connectivity index (χ1n) is 6.60. The average Bonchev–Trinajstić information content (AvgIpc) is 2.39. The van der Waals surface area contributed by atoms with Gasteiger partial charge in [-0.25, -0.2) is 0 Å². The fourth-order valence-corrected chi connectivity index (χ4v) is 2.25. The van der Waals surface area contributed by atoms with Gasteiger partial charge in [0.1, 0.15) is 0 Å². The highest BCUT2D eigenvalue weighted by Crippen LogP contribution is 2.29. The van der Waals surface area contributed by atoms with Gasteiger partial charge >= 0.3 is 6.18 Å². The summed E-state index contributed by atoms with van der Waals surface area (Å²) in [6.07, 6.45) is -2.48. The first-order chi connectivity index (χ1) is 9.45. The summed E-state index contributed by atoms with van der Waals surface area (Å²) in [5.41, 5.74) is 1.03. The molecule has 110 valence electrons. The number of hydrogen-bond acceptors (Lipinski definition) is 2. The molecule has 0 radical (unpaired) electrons. The van der Waals surface area contributed by atoms with Crippen LogP contribution in [0.25, 0.3) is 6.08 Å². The van der Waals surface area contributed by atoms with Crippen LogP contribution >= 0.6 is 0 Å². The highest BCUT2D eigenvalue weighted by atomic mass is 19.4. The van der Waals surface area contributed by atoms with Gasteiger partial charge in [-0.15, -0.1) is 0 Å². The normalized spacial score (nSPS) is 18.3. The number of nitrogens with zero attached hydrogens (tertiary/aromatic N) is 1. The number of rotatable bonds is 3. The molecule has 1 saturated heterocycles. The molecular weight excluding hydrogens is 267 g/mol. The van der Waals surface area contributed by atoms with Crippen molar-refractivity contribution in [3.63, 3.8) is 0 Å². The lowest BCUT2D eigenvalue weighted by atomic mass is 10.1. The van der Waals surface area contributed by atoms with Crippen molar-refractivity contribution in [2.45, 2.75) is 13.1 Å². The molecule has 0 unspecified atom stereocenters. The van der Waals surface area contributed by atoms with E-state index in [0.29, 0.717) is 5.56 Å². The molecule has 2 rings (SSSR count). The topological polar surface area (TPSA) is 12.5 Å². The van der Waals surface area contributed by atoms with Gasteiger partial charge in [-0.05, 0) is 24.6 Å². The van der Waals surface area contributed by atoms with Gasteiger partial charge in [0.2, 0.25) is 0 Å². The van der Waals surface area contributed by atoms with Crippen LogP contribution in [0.15, 0.2) is 29.8 Å². The van der Waals surface area contributed by atoms with Gasteiger partial charge in [0.25, 0.3) is 0 Å². The molecule has 0 atom stereocenters. The smallest absolute Gasteiger partial charge is 0.379 e. The van der Waals surface area contributed by atoms with E-state index in [9.17, 15) is 13.2 Å². The zero-order chi connectivity index (χ0) is 14.6. The maximum Gasteiger partial charge on any atom is 0.416 e. The monoisotopic (exact) mass is 285 g/mol. The number of hydrogen-bond donors (Lipinski definition) is 0. The largest absolute Gasteiger partial charge is 0.416 e. The number of benzene rings is 1. The number of alkyl halides is 3. The molecule has 0 bridgehead atoms. The fourth-order valence-electron chi connectivity index (χ4n) is 2.25. The van der Waals surface area contributed by atoms with Gasteiger partial charge in [0.15, 0.2) is 0 Å². The molecule has 1 heterocycles. The van der Waals surface area contributed by atoms with E-state index < -0.39 is 11.7 Å². The van der Waals surface area contributed by atoms with E-state index in [1.54, 1.807) is 6.07 Å². The Hall–Kier alpha value is -1.33. The molecule has 5 heteroatoms. The standard InChI is InChI=1S/C15H18F3NO/c1-12(11-19-5-7-20-8-6-19)9-13-3-2-4-14(10-13)15(16,17)18/h2-4,9-10H,5-8,11H2,1H3/b12-9+. The SMILES string of the molecule is C/C(=C\c1cccc(C(F)(F)F)c1)CN1CCOCC1. The molecule has 2 nitrogen and oxygen atoms in total. The second-order valence-electron chi connectivity index (χ2n) is 5.00. The fraction of sp³-hybridized carbons (Fsp3) is 0.467. The summed E-state index contributed by atoms with van der Waals surface area (Å²) >= 11 is 0. The highest BCUT2D eigenvalue weighted by molar-refractivity contribution is 5.54. The highest BCUT2D eigenvalue weighted by Gasteiger charge is 2.30. The summed E-state index contributed by atoms with van der Waals surface area (Å²) in [5.74, 6) is 0. The second kappa shape index (κ2) is 6.41. The lowest BCUT2D eigenvalue weighted by molar-refractivity contribution is -0.137. The third-order valence-electron chi connectivity index (χ3n) is 3.20. The molecule has 0 amide bonds. The van der Waals surface area contributed by atoms with Crippen LogP contribution < -0.4 is 0 Å². The van der Waals surface area contributed by atoms with Crippen LogP contribution in [0.3, 0.4) is 0 Å². The van der Waals surface area contributed by atoms with Crippen molar-refractivity contribution >= 4 is 6.08 Å². The van der Waals surface area contributed by atoms with Crippen LogP contribution in [0.1, 0.15) is 18.1 Å². The summed E-state index contributed by atoms with van der Waals surface area (Å²) in [6, 6.07) is 5.41. The van der Waals surface area contributed by atoms with E-state index in [2.05, 4.69) is 4.90 Å². The van der Waals surface area contributed by atoms with Crippen molar-refractivity contribution in [2.24, 2.45) is 0 Å². The molecule has 20 heavy (non-hydrogen) atoms. The maximum atomic E-state index is 12.6. The van der Waals surface area contributed by atoms with Crippen molar-refractivity contribution in [1.82, 2.24) is 4.90 Å². The molecule has 1 aromatic rings. The molecule has 0 saturated carbocycles. The number of morpholine rings is 1. The first-order valence-corrected chi connectivity index (χ1v) is 6.60. The van der Waals surface area contributed by atoms with Crippen LogP contribution in [0.5, 0.6) is 0 Å². The minimum Gasteiger partial charge on any atom is -0.379 e. The summed E-state index contributed by atoms with van der Waals surface area (Å²) in [4.78, 5) is 2.24. The van der Waals surface area contributed by atoms with E-state index in [1.807, 2.05) is 13.0 Å². The van der Waals surface area contributed by atoms with E-state index in [-0.39, 0.29) is 0 Å². The van der Waals surface area contributed by atoms with Gasteiger partial charge in [-0.2, -0.15) is 13.2 Å². The molecule has 1 aromatic carbocycles. The van der Waals surface area contributed by atoms with Crippen molar-refractivity contribution in [2.75, 3.05) is 32.8 Å². The van der Waals surface area contributed by atoms with Crippen molar-refractivity contribution in [3.8, 4) is 0 Å². The van der Waals surface area contributed by atoms with Gasteiger partial charge in [0, 0.05) is 19.6 Å². The Balaban J connectivity index is 2.05. The summed E-state index contributed by atoms with van der Waals surface area (Å²) in [7, 11) is 0. The predicted octanol–water partition coefficient (Wildman–Crippen LogP) is 3.44. The second-order valence-corrected chi connectivity index (χ2v) is 5.00. The predicted molar refractivity (Wildman–Crippen MR) is 72.4 cm³/mol. The van der Waals surface area contributed by atoms with Crippen LogP contribution in [0, 0.1) is 0 Å². The molecule has 0 spiro atoms. The molecule has 1 fully saturated rings. The third-order valence-corrected chi connectivity index (χ3v) is 3.20. The quantitative estimate of drug-likeness (QED) is 0.843. The summed E-state index contributed by atoms with van der Waals surface area (Å²) in [5, 5.41) is 0.